The van der Waals surface area contributed by atoms with E-state index in [4.69, 9.17) is 4.74 Å². The fourth-order valence-electron chi connectivity index (χ4n) is 2.52. The van der Waals surface area contributed by atoms with Gasteiger partial charge in [0.1, 0.15) is 5.75 Å². The molecule has 0 fully saturated rings. The van der Waals surface area contributed by atoms with E-state index in [2.05, 4.69) is 17.2 Å². The van der Waals surface area contributed by atoms with Gasteiger partial charge in [0.25, 0.3) is 5.91 Å². The van der Waals surface area contributed by atoms with E-state index in [-0.39, 0.29) is 11.8 Å². The average molecular weight is 352 g/mol. The molecule has 0 saturated carbocycles. The van der Waals surface area contributed by atoms with E-state index in [1.807, 2.05) is 31.2 Å². The second-order valence-corrected chi connectivity index (χ2v) is 5.63. The first-order chi connectivity index (χ1) is 12.7. The first-order valence-corrected chi connectivity index (χ1v) is 8.64. The van der Waals surface area contributed by atoms with E-state index >= 15 is 0 Å². The molecule has 0 heterocycles. The summed E-state index contributed by atoms with van der Waals surface area (Å²) in [5.41, 5.74) is 1.91. The van der Waals surface area contributed by atoms with Crippen LogP contribution in [0.15, 0.2) is 61.2 Å². The number of benzene rings is 2. The number of nitrogens with one attached hydrogen (secondary N) is 2. The maximum Gasteiger partial charge on any atom is 0.253 e. The van der Waals surface area contributed by atoms with Crippen molar-refractivity contribution >= 4 is 17.5 Å². The lowest BCUT2D eigenvalue weighted by Crippen LogP contribution is -2.25. The van der Waals surface area contributed by atoms with Gasteiger partial charge in [-0.1, -0.05) is 36.4 Å². The van der Waals surface area contributed by atoms with Crippen LogP contribution in [0.5, 0.6) is 5.75 Å². The van der Waals surface area contributed by atoms with Crippen LogP contribution in [0.25, 0.3) is 0 Å². The molecule has 5 nitrogen and oxygen atoms in total. The van der Waals surface area contributed by atoms with Crippen LogP contribution in [0.1, 0.15) is 29.3 Å². The third kappa shape index (κ3) is 5.48. The molecule has 26 heavy (non-hydrogen) atoms. The number of amides is 2. The van der Waals surface area contributed by atoms with Gasteiger partial charge >= 0.3 is 0 Å². The molecule has 0 radical (unpaired) electrons. The molecule has 0 aliphatic rings. The minimum absolute atomic E-state index is 0.153. The summed E-state index contributed by atoms with van der Waals surface area (Å²) in [6.07, 6.45) is 2.47. The van der Waals surface area contributed by atoms with E-state index in [0.717, 1.165) is 11.3 Å². The van der Waals surface area contributed by atoms with Crippen molar-refractivity contribution in [2.45, 2.75) is 19.8 Å². The van der Waals surface area contributed by atoms with Crippen LogP contribution in [0.3, 0.4) is 0 Å². The van der Waals surface area contributed by atoms with Gasteiger partial charge in [-0.15, -0.1) is 6.58 Å². The lowest BCUT2D eigenvalue weighted by atomic mass is 10.1. The summed E-state index contributed by atoms with van der Waals surface area (Å²) in [5, 5.41) is 5.54. The third-order valence-electron chi connectivity index (χ3n) is 3.75. The first kappa shape index (κ1) is 19.2. The highest BCUT2D eigenvalue weighted by molar-refractivity contribution is 6.03. The van der Waals surface area contributed by atoms with E-state index in [1.54, 1.807) is 30.3 Å². The zero-order chi connectivity index (χ0) is 18.8. The molecule has 2 rings (SSSR count). The predicted octanol–water partition coefficient (Wildman–Crippen LogP) is 3.57. The van der Waals surface area contributed by atoms with Crippen LogP contribution in [-0.2, 0) is 11.2 Å². The normalized spacial score (nSPS) is 10.0. The number of anilines is 1. The molecule has 0 aliphatic heterocycles. The van der Waals surface area contributed by atoms with Gasteiger partial charge in [-0.25, -0.2) is 0 Å². The Morgan fingerprint density at radius 3 is 2.62 bits per heavy atom. The topological polar surface area (TPSA) is 67.4 Å². The predicted molar refractivity (Wildman–Crippen MR) is 104 cm³/mol. The molecule has 2 aromatic rings. The van der Waals surface area contributed by atoms with Gasteiger partial charge in [-0.3, -0.25) is 9.59 Å². The molecular weight excluding hydrogens is 328 g/mol. The average Bonchev–Trinajstić information content (AvgIpc) is 2.66. The van der Waals surface area contributed by atoms with Gasteiger partial charge < -0.3 is 15.4 Å². The Morgan fingerprint density at radius 2 is 1.85 bits per heavy atom. The summed E-state index contributed by atoms with van der Waals surface area (Å²) in [4.78, 5) is 24.5. The van der Waals surface area contributed by atoms with E-state index in [9.17, 15) is 9.59 Å². The second kappa shape index (κ2) is 10.0. The van der Waals surface area contributed by atoms with Crippen molar-refractivity contribution in [3.05, 3.63) is 72.3 Å². The molecule has 2 amide bonds. The molecule has 2 N–H and O–H groups in total. The number of hydrogen-bond acceptors (Lipinski definition) is 3. The number of carbonyl (C=O) groups excluding carboxylic acids is 2. The molecule has 0 atom stereocenters. The van der Waals surface area contributed by atoms with Crippen molar-refractivity contribution in [1.82, 2.24) is 5.32 Å². The van der Waals surface area contributed by atoms with Crippen LogP contribution < -0.4 is 15.4 Å². The molecule has 0 saturated heterocycles. The van der Waals surface area contributed by atoms with Gasteiger partial charge in [0.15, 0.2) is 0 Å². The Bertz CT molecular complexity index is 771. The zero-order valence-corrected chi connectivity index (χ0v) is 15.0. The minimum atomic E-state index is -0.248. The number of para-hydroxylation sites is 2. The quantitative estimate of drug-likeness (QED) is 0.678. The molecule has 5 heteroatoms. The van der Waals surface area contributed by atoms with Crippen molar-refractivity contribution in [2.75, 3.05) is 18.5 Å². The molecule has 0 bridgehead atoms. The summed E-state index contributed by atoms with van der Waals surface area (Å²) < 4.78 is 5.58. The molecular formula is C21H24N2O3. The molecule has 0 aliphatic carbocycles. The molecule has 0 spiro atoms. The van der Waals surface area contributed by atoms with Gasteiger partial charge in [-0.05, 0) is 37.1 Å². The minimum Gasteiger partial charge on any atom is -0.494 e. The highest BCUT2D eigenvalue weighted by Gasteiger charge is 2.13. The van der Waals surface area contributed by atoms with Crippen molar-refractivity contribution in [2.24, 2.45) is 0 Å². The van der Waals surface area contributed by atoms with Crippen molar-refractivity contribution in [3.63, 3.8) is 0 Å². The maximum absolute atomic E-state index is 12.3. The zero-order valence-electron chi connectivity index (χ0n) is 15.0. The van der Waals surface area contributed by atoms with Gasteiger partial charge in [0, 0.05) is 13.0 Å². The van der Waals surface area contributed by atoms with Gasteiger partial charge in [-0.2, -0.15) is 0 Å². The molecule has 0 aromatic heterocycles. The highest BCUT2D eigenvalue weighted by atomic mass is 16.5. The van der Waals surface area contributed by atoms with Gasteiger partial charge in [0.2, 0.25) is 5.91 Å². The Morgan fingerprint density at radius 1 is 1.12 bits per heavy atom. The van der Waals surface area contributed by atoms with Crippen LogP contribution in [0.4, 0.5) is 5.69 Å². The number of ether oxygens (including phenoxy) is 1. The van der Waals surface area contributed by atoms with Crippen LogP contribution >= 0.6 is 0 Å². The molecule has 2 aromatic carbocycles. The van der Waals surface area contributed by atoms with Crippen LogP contribution in [0, 0.1) is 0 Å². The lowest BCUT2D eigenvalue weighted by Gasteiger charge is -2.12. The first-order valence-electron chi connectivity index (χ1n) is 8.64. The number of rotatable bonds is 9. The van der Waals surface area contributed by atoms with Crippen molar-refractivity contribution in [3.8, 4) is 5.75 Å². The van der Waals surface area contributed by atoms with Crippen LogP contribution in [-0.4, -0.2) is 25.0 Å². The summed E-state index contributed by atoms with van der Waals surface area (Å²) in [7, 11) is 0. The fourth-order valence-corrected chi connectivity index (χ4v) is 2.52. The van der Waals surface area contributed by atoms with E-state index in [0.29, 0.717) is 37.2 Å². The molecule has 136 valence electrons. The van der Waals surface area contributed by atoms with Gasteiger partial charge in [0.05, 0.1) is 17.9 Å². The Hall–Kier alpha value is -3.08. The lowest BCUT2D eigenvalue weighted by molar-refractivity contribution is -0.116. The van der Waals surface area contributed by atoms with E-state index < -0.39 is 0 Å². The van der Waals surface area contributed by atoms with Crippen LogP contribution in [0.2, 0.25) is 0 Å². The number of aryl methyl sites for hydroxylation is 1. The third-order valence-corrected chi connectivity index (χ3v) is 3.75. The Balaban J connectivity index is 2.00. The van der Waals surface area contributed by atoms with E-state index in [1.165, 1.54) is 0 Å². The SMILES string of the molecule is C=CCNC(=O)c1ccccc1NC(=O)CCc1ccccc1OCC. The summed E-state index contributed by atoms with van der Waals surface area (Å²) >= 11 is 0. The number of hydrogen-bond donors (Lipinski definition) is 2. The standard InChI is InChI=1S/C21H24N2O3/c1-3-15-22-21(25)17-10-6-7-11-18(17)23-20(24)14-13-16-9-5-8-12-19(16)26-4-2/h3,5-12H,1,4,13-15H2,2H3,(H,22,25)(H,23,24). The maximum atomic E-state index is 12.3. The van der Waals surface area contributed by atoms with Crippen molar-refractivity contribution in [1.29, 1.82) is 0 Å². The van der Waals surface area contributed by atoms with Crippen molar-refractivity contribution < 1.29 is 14.3 Å². The smallest absolute Gasteiger partial charge is 0.253 e. The monoisotopic (exact) mass is 352 g/mol. The second-order valence-electron chi connectivity index (χ2n) is 5.63. The number of carbonyl (C=O) groups is 2. The summed E-state index contributed by atoms with van der Waals surface area (Å²) in [5.74, 6) is 0.398. The molecule has 0 unspecified atom stereocenters. The fraction of sp³-hybridized carbons (Fsp3) is 0.238. The summed E-state index contributed by atoms with van der Waals surface area (Å²) in [6.45, 7) is 6.45. The highest BCUT2D eigenvalue weighted by Crippen LogP contribution is 2.20. The largest absolute Gasteiger partial charge is 0.494 e. The Labute approximate surface area is 154 Å². The Kier molecular flexibility index (Phi) is 7.43. The summed E-state index contributed by atoms with van der Waals surface area (Å²) in [6, 6.07) is 14.6.